The number of non-ortho nitro benzene ring substituents is 1. The van der Waals surface area contributed by atoms with E-state index in [1.165, 1.54) is 12.1 Å². The van der Waals surface area contributed by atoms with Crippen LogP contribution in [0.1, 0.15) is 22.6 Å². The molecule has 0 aliphatic carbocycles. The molecule has 0 saturated carbocycles. The van der Waals surface area contributed by atoms with Crippen LogP contribution in [-0.4, -0.2) is 15.1 Å². The first-order valence-corrected chi connectivity index (χ1v) is 10.7. The van der Waals surface area contributed by atoms with Crippen LogP contribution < -0.4 is 15.2 Å². The van der Waals surface area contributed by atoms with Gasteiger partial charge in [0, 0.05) is 17.7 Å². The fourth-order valence-corrected chi connectivity index (χ4v) is 4.05. The van der Waals surface area contributed by atoms with Gasteiger partial charge in [-0.3, -0.25) is 15.2 Å². The smallest absolute Gasteiger partial charge is 0.269 e. The number of aromatic amines is 1. The van der Waals surface area contributed by atoms with Crippen molar-refractivity contribution < 1.29 is 14.4 Å². The van der Waals surface area contributed by atoms with E-state index < -0.39 is 10.8 Å². The molecule has 0 spiro atoms. The number of fused-ring (bicyclic) bond motifs is 1. The van der Waals surface area contributed by atoms with Gasteiger partial charge >= 0.3 is 0 Å². The number of nitrogens with zero attached hydrogens (tertiary/aromatic N) is 3. The summed E-state index contributed by atoms with van der Waals surface area (Å²) in [5, 5.41) is 28.2. The summed E-state index contributed by atoms with van der Waals surface area (Å²) in [6.45, 7) is 0.450. The molecule has 3 aromatic carbocycles. The lowest BCUT2D eigenvalue weighted by Gasteiger charge is -2.24. The molecule has 1 aliphatic heterocycles. The molecular formula is C26H19N5O4. The van der Waals surface area contributed by atoms with Crippen LogP contribution in [0.5, 0.6) is 11.6 Å². The van der Waals surface area contributed by atoms with Crippen LogP contribution in [-0.2, 0) is 6.61 Å². The quantitative estimate of drug-likeness (QED) is 0.308. The SMILES string of the molecule is N#CC1=C(N)Oc2n[nH]c(-c3ccc(OCc4ccccc4)cc3)c2[C@H]1c1ccc([N+](=O)[O-])cc1. The second-order valence-electron chi connectivity index (χ2n) is 7.89. The molecule has 0 saturated heterocycles. The first-order chi connectivity index (χ1) is 17.0. The fraction of sp³-hybridized carbons (Fsp3) is 0.0769. The number of nitro groups is 1. The Balaban J connectivity index is 1.48. The third kappa shape index (κ3) is 4.16. The number of ether oxygens (including phenoxy) is 2. The molecule has 172 valence electrons. The van der Waals surface area contributed by atoms with Gasteiger partial charge in [-0.25, -0.2) is 0 Å². The van der Waals surface area contributed by atoms with E-state index in [2.05, 4.69) is 16.3 Å². The van der Waals surface area contributed by atoms with Crippen LogP contribution in [0.25, 0.3) is 11.3 Å². The van der Waals surface area contributed by atoms with Crippen LogP contribution in [0.2, 0.25) is 0 Å². The number of rotatable bonds is 6. The third-order valence-electron chi connectivity index (χ3n) is 5.77. The molecular weight excluding hydrogens is 446 g/mol. The number of aromatic nitrogens is 2. The Bertz CT molecular complexity index is 1450. The van der Waals surface area contributed by atoms with Gasteiger partial charge in [-0.05, 0) is 35.4 Å². The summed E-state index contributed by atoms with van der Waals surface area (Å²) in [5.74, 6) is 0.304. The molecule has 35 heavy (non-hydrogen) atoms. The average Bonchev–Trinajstić information content (AvgIpc) is 3.31. The largest absolute Gasteiger partial charge is 0.489 e. The molecule has 0 unspecified atom stereocenters. The van der Waals surface area contributed by atoms with Crippen molar-refractivity contribution in [3.8, 4) is 29.0 Å². The van der Waals surface area contributed by atoms with Gasteiger partial charge in [0.2, 0.25) is 11.8 Å². The van der Waals surface area contributed by atoms with Crippen molar-refractivity contribution >= 4 is 5.69 Å². The van der Waals surface area contributed by atoms with Crippen molar-refractivity contribution in [2.24, 2.45) is 5.73 Å². The van der Waals surface area contributed by atoms with E-state index >= 15 is 0 Å². The number of hydrogen-bond acceptors (Lipinski definition) is 7. The van der Waals surface area contributed by atoms with Crippen LogP contribution in [0, 0.1) is 21.4 Å². The lowest BCUT2D eigenvalue weighted by molar-refractivity contribution is -0.384. The normalized spacial score (nSPS) is 14.5. The zero-order valence-corrected chi connectivity index (χ0v) is 18.3. The summed E-state index contributed by atoms with van der Waals surface area (Å²) in [6, 6.07) is 25.5. The number of nitrogens with one attached hydrogen (secondary N) is 1. The molecule has 0 amide bonds. The Morgan fingerprint density at radius 2 is 1.80 bits per heavy atom. The summed E-state index contributed by atoms with van der Waals surface area (Å²) in [5.41, 5.74) is 9.98. The van der Waals surface area contributed by atoms with Gasteiger partial charge in [0.1, 0.15) is 24.0 Å². The zero-order chi connectivity index (χ0) is 24.4. The number of nitrogens with two attached hydrogens (primary N) is 1. The standard InChI is InChI=1S/C26H19N5O4/c27-14-21-22(17-6-10-19(11-7-17)31(32)33)23-24(29-30-26(23)35-25(21)28)18-8-12-20(13-9-18)34-15-16-4-2-1-3-5-16/h1-13,22H,15,28H2,(H,29,30)/t22-/m0/s1. The Morgan fingerprint density at radius 1 is 1.09 bits per heavy atom. The molecule has 3 N–H and O–H groups in total. The minimum atomic E-state index is -0.604. The predicted octanol–water partition coefficient (Wildman–Crippen LogP) is 4.78. The van der Waals surface area contributed by atoms with Crippen molar-refractivity contribution in [2.45, 2.75) is 12.5 Å². The highest BCUT2D eigenvalue weighted by atomic mass is 16.6. The maximum atomic E-state index is 11.1. The summed E-state index contributed by atoms with van der Waals surface area (Å²) < 4.78 is 11.5. The third-order valence-corrected chi connectivity index (χ3v) is 5.77. The number of benzene rings is 3. The number of hydrogen-bond donors (Lipinski definition) is 2. The summed E-state index contributed by atoms with van der Waals surface area (Å²) in [4.78, 5) is 10.6. The van der Waals surface area contributed by atoms with Crippen molar-refractivity contribution in [1.29, 1.82) is 5.26 Å². The van der Waals surface area contributed by atoms with E-state index in [0.29, 0.717) is 29.2 Å². The molecule has 1 aromatic heterocycles. The van der Waals surface area contributed by atoms with E-state index in [0.717, 1.165) is 11.1 Å². The Hall–Kier alpha value is -5.10. The van der Waals surface area contributed by atoms with E-state index in [1.807, 2.05) is 54.6 Å². The number of H-pyrrole nitrogens is 1. The van der Waals surface area contributed by atoms with Crippen LogP contribution in [0.3, 0.4) is 0 Å². The van der Waals surface area contributed by atoms with Gasteiger partial charge < -0.3 is 15.2 Å². The lowest BCUT2D eigenvalue weighted by Crippen LogP contribution is -2.21. The second kappa shape index (κ2) is 9.03. The summed E-state index contributed by atoms with van der Waals surface area (Å²) in [7, 11) is 0. The van der Waals surface area contributed by atoms with E-state index in [-0.39, 0.29) is 23.0 Å². The Labute approximate surface area is 200 Å². The molecule has 0 fully saturated rings. The van der Waals surface area contributed by atoms with E-state index in [9.17, 15) is 15.4 Å². The first kappa shape index (κ1) is 21.7. The lowest BCUT2D eigenvalue weighted by atomic mass is 9.83. The van der Waals surface area contributed by atoms with Crippen molar-refractivity contribution in [3.63, 3.8) is 0 Å². The topological polar surface area (TPSA) is 140 Å². The van der Waals surface area contributed by atoms with Gasteiger partial charge in [0.05, 0.1) is 22.1 Å². The van der Waals surface area contributed by atoms with Gasteiger partial charge in [0.15, 0.2) is 0 Å². The Morgan fingerprint density at radius 3 is 2.46 bits per heavy atom. The molecule has 0 bridgehead atoms. The van der Waals surface area contributed by atoms with Crippen LogP contribution in [0.4, 0.5) is 5.69 Å². The highest BCUT2D eigenvalue weighted by molar-refractivity contribution is 5.71. The van der Waals surface area contributed by atoms with E-state index in [4.69, 9.17) is 15.2 Å². The van der Waals surface area contributed by atoms with Gasteiger partial charge in [-0.1, -0.05) is 42.5 Å². The van der Waals surface area contributed by atoms with Crippen LogP contribution in [0.15, 0.2) is 90.3 Å². The number of nitro benzene ring substituents is 1. The fourth-order valence-electron chi connectivity index (χ4n) is 4.05. The van der Waals surface area contributed by atoms with Crippen LogP contribution >= 0.6 is 0 Å². The van der Waals surface area contributed by atoms with Gasteiger partial charge in [0.25, 0.3) is 5.69 Å². The monoisotopic (exact) mass is 465 g/mol. The number of nitriles is 1. The summed E-state index contributed by atoms with van der Waals surface area (Å²) in [6.07, 6.45) is 0. The summed E-state index contributed by atoms with van der Waals surface area (Å²) >= 11 is 0. The average molecular weight is 465 g/mol. The highest BCUT2D eigenvalue weighted by Crippen LogP contribution is 2.45. The molecule has 0 radical (unpaired) electrons. The predicted molar refractivity (Wildman–Crippen MR) is 127 cm³/mol. The maximum Gasteiger partial charge on any atom is 0.269 e. The molecule has 1 aliphatic rings. The second-order valence-corrected chi connectivity index (χ2v) is 7.89. The highest BCUT2D eigenvalue weighted by Gasteiger charge is 2.35. The minimum Gasteiger partial charge on any atom is -0.489 e. The molecule has 2 heterocycles. The van der Waals surface area contributed by atoms with Gasteiger partial charge in [-0.15, -0.1) is 5.10 Å². The van der Waals surface area contributed by atoms with Crippen molar-refractivity contribution in [3.05, 3.63) is 117 Å². The number of allylic oxidation sites excluding steroid dienone is 1. The first-order valence-electron chi connectivity index (χ1n) is 10.7. The molecule has 1 atom stereocenters. The maximum absolute atomic E-state index is 11.1. The molecule has 5 rings (SSSR count). The molecule has 9 heteroatoms. The van der Waals surface area contributed by atoms with Gasteiger partial charge in [-0.2, -0.15) is 5.26 Å². The molecule has 4 aromatic rings. The van der Waals surface area contributed by atoms with Crippen molar-refractivity contribution in [2.75, 3.05) is 0 Å². The minimum absolute atomic E-state index is 0.0463. The van der Waals surface area contributed by atoms with Crippen molar-refractivity contribution in [1.82, 2.24) is 10.2 Å². The van der Waals surface area contributed by atoms with E-state index in [1.54, 1.807) is 12.1 Å². The zero-order valence-electron chi connectivity index (χ0n) is 18.3. The molecule has 9 nitrogen and oxygen atoms in total. The Kier molecular flexibility index (Phi) is 5.61.